The molecule has 1 heterocycles. The van der Waals surface area contributed by atoms with Crippen LogP contribution < -0.4 is 5.56 Å². The standard InChI is InChI=1S/C12H19BrN2O3S/c1-2-19(17,18)8-7-15-12(16)10(13)11(14-15)9-5-3-4-6-9/h9,14H,2-8H2,1H3. The normalized spacial score (nSPS) is 17.2. The molecule has 19 heavy (non-hydrogen) atoms. The molecule has 0 unspecified atom stereocenters. The first-order valence-corrected chi connectivity index (χ1v) is 9.24. The number of H-pyrrole nitrogens is 1. The minimum absolute atomic E-state index is 0.000463. The van der Waals surface area contributed by atoms with Crippen molar-refractivity contribution in [2.24, 2.45) is 0 Å². The molecule has 1 aliphatic rings. The number of halogens is 1. The summed E-state index contributed by atoms with van der Waals surface area (Å²) in [5, 5.41) is 3.08. The summed E-state index contributed by atoms with van der Waals surface area (Å²) in [6.45, 7) is 1.81. The van der Waals surface area contributed by atoms with Gasteiger partial charge in [-0.2, -0.15) is 0 Å². The molecule has 7 heteroatoms. The Morgan fingerprint density at radius 2 is 2.00 bits per heavy atom. The van der Waals surface area contributed by atoms with Gasteiger partial charge in [-0.1, -0.05) is 19.8 Å². The fraction of sp³-hybridized carbons (Fsp3) is 0.750. The topological polar surface area (TPSA) is 71.9 Å². The third-order valence-corrected chi connectivity index (χ3v) is 6.20. The Kier molecular flexibility index (Phi) is 4.55. The molecule has 0 aliphatic heterocycles. The Labute approximate surface area is 121 Å². The quantitative estimate of drug-likeness (QED) is 0.882. The first-order valence-electron chi connectivity index (χ1n) is 6.63. The molecule has 0 spiro atoms. The van der Waals surface area contributed by atoms with Gasteiger partial charge >= 0.3 is 0 Å². The van der Waals surface area contributed by atoms with E-state index in [9.17, 15) is 13.2 Å². The van der Waals surface area contributed by atoms with Crippen LogP contribution >= 0.6 is 15.9 Å². The van der Waals surface area contributed by atoms with Crippen LogP contribution in [0.5, 0.6) is 0 Å². The van der Waals surface area contributed by atoms with Crippen molar-refractivity contribution in [1.82, 2.24) is 9.78 Å². The summed E-state index contributed by atoms with van der Waals surface area (Å²) in [6, 6.07) is 0. The van der Waals surface area contributed by atoms with Crippen molar-refractivity contribution in [1.29, 1.82) is 0 Å². The molecule has 0 radical (unpaired) electrons. The Morgan fingerprint density at radius 3 is 2.58 bits per heavy atom. The van der Waals surface area contributed by atoms with E-state index in [1.54, 1.807) is 6.92 Å². The minimum Gasteiger partial charge on any atom is -0.298 e. The molecule has 0 saturated heterocycles. The maximum absolute atomic E-state index is 12.0. The second-order valence-electron chi connectivity index (χ2n) is 5.01. The summed E-state index contributed by atoms with van der Waals surface area (Å²) in [6.07, 6.45) is 4.56. The number of rotatable bonds is 5. The molecular weight excluding hydrogens is 332 g/mol. The number of sulfone groups is 1. The SMILES string of the molecule is CCS(=O)(=O)CCn1[nH]c(C2CCCC2)c(Br)c1=O. The number of aromatic amines is 1. The number of nitrogens with zero attached hydrogens (tertiary/aromatic N) is 1. The van der Waals surface area contributed by atoms with Crippen LogP contribution in [-0.2, 0) is 16.4 Å². The molecule has 1 aromatic heterocycles. The van der Waals surface area contributed by atoms with Crippen LogP contribution in [0.25, 0.3) is 0 Å². The second kappa shape index (κ2) is 5.83. The third kappa shape index (κ3) is 3.31. The molecule has 1 fully saturated rings. The van der Waals surface area contributed by atoms with Crippen molar-refractivity contribution in [2.75, 3.05) is 11.5 Å². The minimum atomic E-state index is -3.05. The van der Waals surface area contributed by atoms with Gasteiger partial charge in [-0.15, -0.1) is 0 Å². The predicted molar refractivity (Wildman–Crippen MR) is 78.3 cm³/mol. The Hall–Kier alpha value is -0.560. The van der Waals surface area contributed by atoms with Crippen LogP contribution in [0.2, 0.25) is 0 Å². The lowest BCUT2D eigenvalue weighted by atomic mass is 10.1. The molecule has 0 aromatic carbocycles. The van der Waals surface area contributed by atoms with E-state index in [4.69, 9.17) is 0 Å². The van der Waals surface area contributed by atoms with Gasteiger partial charge in [0, 0.05) is 11.7 Å². The molecule has 2 rings (SSSR count). The van der Waals surface area contributed by atoms with Gasteiger partial charge in [0.2, 0.25) is 0 Å². The fourth-order valence-electron chi connectivity index (χ4n) is 2.50. The van der Waals surface area contributed by atoms with Crippen molar-refractivity contribution in [3.05, 3.63) is 20.5 Å². The zero-order valence-electron chi connectivity index (χ0n) is 11.0. The van der Waals surface area contributed by atoms with Gasteiger partial charge in [-0.25, -0.2) is 8.42 Å². The van der Waals surface area contributed by atoms with Gasteiger partial charge < -0.3 is 0 Å². The highest BCUT2D eigenvalue weighted by Crippen LogP contribution is 2.35. The van der Waals surface area contributed by atoms with E-state index < -0.39 is 9.84 Å². The van der Waals surface area contributed by atoms with E-state index in [-0.39, 0.29) is 23.6 Å². The van der Waals surface area contributed by atoms with E-state index in [1.165, 1.54) is 17.5 Å². The van der Waals surface area contributed by atoms with Crippen LogP contribution in [-0.4, -0.2) is 29.7 Å². The lowest BCUT2D eigenvalue weighted by Crippen LogP contribution is -2.23. The molecule has 5 nitrogen and oxygen atoms in total. The van der Waals surface area contributed by atoms with Crippen LogP contribution in [0.1, 0.15) is 44.2 Å². The van der Waals surface area contributed by atoms with Crippen LogP contribution in [0.3, 0.4) is 0 Å². The van der Waals surface area contributed by atoms with Gasteiger partial charge in [-0.05, 0) is 28.8 Å². The monoisotopic (exact) mass is 350 g/mol. The maximum Gasteiger partial charge on any atom is 0.281 e. The van der Waals surface area contributed by atoms with Crippen molar-refractivity contribution in [2.45, 2.75) is 45.1 Å². The van der Waals surface area contributed by atoms with Crippen LogP contribution in [0.15, 0.2) is 9.27 Å². The molecule has 108 valence electrons. The summed E-state index contributed by atoms with van der Waals surface area (Å²) in [4.78, 5) is 12.0. The molecular formula is C12H19BrN2O3S. The van der Waals surface area contributed by atoms with E-state index >= 15 is 0 Å². The van der Waals surface area contributed by atoms with Crippen molar-refractivity contribution < 1.29 is 8.42 Å². The van der Waals surface area contributed by atoms with Gasteiger partial charge in [0.1, 0.15) is 4.47 Å². The number of aryl methyl sites for hydroxylation is 1. The highest BCUT2D eigenvalue weighted by molar-refractivity contribution is 9.10. The highest BCUT2D eigenvalue weighted by Gasteiger charge is 2.24. The van der Waals surface area contributed by atoms with E-state index in [0.717, 1.165) is 18.5 Å². The molecule has 1 saturated carbocycles. The second-order valence-corrected chi connectivity index (χ2v) is 8.28. The highest BCUT2D eigenvalue weighted by atomic mass is 79.9. The first-order chi connectivity index (χ1) is 8.94. The lowest BCUT2D eigenvalue weighted by Gasteiger charge is -2.07. The van der Waals surface area contributed by atoms with Gasteiger partial charge in [0.15, 0.2) is 9.84 Å². The Morgan fingerprint density at radius 1 is 1.37 bits per heavy atom. The van der Waals surface area contributed by atoms with Gasteiger partial charge in [0.05, 0.1) is 18.0 Å². The molecule has 1 aromatic rings. The maximum atomic E-state index is 12.0. The summed E-state index contributed by atoms with van der Waals surface area (Å²) in [5.41, 5.74) is 0.768. The average molecular weight is 351 g/mol. The van der Waals surface area contributed by atoms with Crippen molar-refractivity contribution >= 4 is 25.8 Å². The van der Waals surface area contributed by atoms with E-state index in [1.807, 2.05) is 0 Å². The van der Waals surface area contributed by atoms with Crippen LogP contribution in [0, 0.1) is 0 Å². The molecule has 1 N–H and O–H groups in total. The average Bonchev–Trinajstić information content (AvgIpc) is 2.99. The summed E-state index contributed by atoms with van der Waals surface area (Å²) >= 11 is 3.33. The van der Waals surface area contributed by atoms with E-state index in [2.05, 4.69) is 21.0 Å². The van der Waals surface area contributed by atoms with Gasteiger partial charge in [-0.3, -0.25) is 14.6 Å². The summed E-state index contributed by atoms with van der Waals surface area (Å²) in [7, 11) is -3.05. The van der Waals surface area contributed by atoms with Crippen molar-refractivity contribution in [3.63, 3.8) is 0 Å². The molecule has 0 amide bonds. The molecule has 0 bridgehead atoms. The largest absolute Gasteiger partial charge is 0.298 e. The third-order valence-electron chi connectivity index (χ3n) is 3.75. The lowest BCUT2D eigenvalue weighted by molar-refractivity contribution is 0.570. The summed E-state index contributed by atoms with van der Waals surface area (Å²) in [5.74, 6) is 0.505. The smallest absolute Gasteiger partial charge is 0.281 e. The number of hydrogen-bond acceptors (Lipinski definition) is 3. The number of nitrogens with one attached hydrogen (secondary N) is 1. The zero-order valence-corrected chi connectivity index (χ0v) is 13.4. The van der Waals surface area contributed by atoms with Crippen molar-refractivity contribution in [3.8, 4) is 0 Å². The number of aromatic nitrogens is 2. The van der Waals surface area contributed by atoms with Gasteiger partial charge in [0.25, 0.3) is 5.56 Å². The van der Waals surface area contributed by atoms with Crippen LogP contribution in [0.4, 0.5) is 0 Å². The van der Waals surface area contributed by atoms with E-state index in [0.29, 0.717) is 10.4 Å². The molecule has 1 aliphatic carbocycles. The molecule has 0 atom stereocenters. The summed E-state index contributed by atoms with van der Waals surface area (Å²) < 4.78 is 25.0. The Balaban J connectivity index is 2.18. The predicted octanol–water partition coefficient (Wildman–Crippen LogP) is 2.03. The first kappa shape index (κ1) is 14.8. The fourth-order valence-corrected chi connectivity index (χ4v) is 3.87. The number of hydrogen-bond donors (Lipinski definition) is 1. The Bertz CT molecular complexity index is 597. The zero-order chi connectivity index (χ0) is 14.0.